The molecule has 8 aromatic rings. The Hall–Kier alpha value is -0.508. The Balaban J connectivity index is 0.000000784. The van der Waals surface area contributed by atoms with Crippen molar-refractivity contribution in [3.63, 3.8) is 0 Å². The molecule has 0 aliphatic rings. The summed E-state index contributed by atoms with van der Waals surface area (Å²) in [5.41, 5.74) is -3.72. The first-order valence-electron chi connectivity index (χ1n) is 19.7. The van der Waals surface area contributed by atoms with Crippen LogP contribution < -0.4 is 179 Å². The summed E-state index contributed by atoms with van der Waals surface area (Å²) in [6, 6.07) is 10.8. The molecule has 0 bridgehead atoms. The maximum Gasteiger partial charge on any atom is 3.00 e. The molecule has 0 aliphatic heterocycles. The van der Waals surface area contributed by atoms with Gasteiger partial charge in [0.1, 0.15) is 50.5 Å². The van der Waals surface area contributed by atoms with Crippen LogP contribution in [0.4, 0.5) is 45.8 Å². The number of halogens is 8. The maximum atomic E-state index is 13.5. The molecule has 44 heteroatoms. The first kappa shape index (κ1) is 81.5. The van der Waals surface area contributed by atoms with Crippen LogP contribution in [0, 0.1) is 0 Å². The topological polar surface area (TPSA) is 446 Å². The number of benzene rings is 6. The molecule has 0 unspecified atom stereocenters. The quantitative estimate of drug-likeness (QED) is 0.0378. The predicted molar refractivity (Wildman–Crippen MR) is 269 cm³/mol. The summed E-state index contributed by atoms with van der Waals surface area (Å²) < 4.78 is 143. The second-order valence-electron chi connectivity index (χ2n) is 14.8. The molecule has 0 aliphatic carbocycles. The molecule has 0 saturated carbocycles. The van der Waals surface area contributed by atoms with Crippen molar-refractivity contribution in [2.45, 2.75) is 19.6 Å². The fourth-order valence-electron chi connectivity index (χ4n) is 6.50. The molecule has 0 atom stereocenters. The minimum Gasteiger partial charge on any atom is -0.871 e. The van der Waals surface area contributed by atoms with Crippen LogP contribution in [0.25, 0.3) is 21.5 Å². The summed E-state index contributed by atoms with van der Waals surface area (Å²) in [5, 5.41) is 66.4. The molecule has 0 saturated heterocycles. The molecule has 0 spiro atoms. The molecule has 2 N–H and O–H groups in total. The number of nitrogens with zero attached hydrogens (tertiary/aromatic N) is 8. The van der Waals surface area contributed by atoms with E-state index in [2.05, 4.69) is 51.0 Å². The van der Waals surface area contributed by atoms with E-state index in [1.807, 2.05) is 0 Å². The van der Waals surface area contributed by atoms with E-state index in [0.29, 0.717) is 24.3 Å². The van der Waals surface area contributed by atoms with E-state index in [-0.39, 0.29) is 219 Å². The van der Waals surface area contributed by atoms with Crippen LogP contribution >= 0.6 is 92.8 Å². The van der Waals surface area contributed by atoms with Gasteiger partial charge in [-0.15, -0.1) is 10.2 Å². The number of anilines is 4. The Morgan fingerprint density at radius 3 is 1.04 bits per heavy atom. The van der Waals surface area contributed by atoms with E-state index in [1.165, 1.54) is 12.1 Å². The molecule has 2 aromatic heterocycles. The van der Waals surface area contributed by atoms with Gasteiger partial charge in [-0.1, -0.05) is 105 Å². The molecule has 8 rings (SSSR count). The normalized spacial score (nSPS) is 11.5. The van der Waals surface area contributed by atoms with Gasteiger partial charge in [0.15, 0.2) is 21.9 Å². The van der Waals surface area contributed by atoms with Crippen LogP contribution in [-0.2, 0) is 57.8 Å². The third-order valence-corrected chi connectivity index (χ3v) is 15.3. The van der Waals surface area contributed by atoms with Crippen LogP contribution in [0.15, 0.2) is 113 Å². The summed E-state index contributed by atoms with van der Waals surface area (Å²) >= 11 is 47.1. The Labute approximate surface area is 635 Å². The number of hydrogen-bond donors (Lipinski definition) is 2. The minimum atomic E-state index is -5.44. The maximum absolute atomic E-state index is 13.5. The number of nitrogens with one attached hydrogen (secondary N) is 2. The molecule has 84 heavy (non-hydrogen) atoms. The summed E-state index contributed by atoms with van der Waals surface area (Å²) in [5.74, 6) is -4.58. The zero-order valence-electron chi connectivity index (χ0n) is 42.1. The van der Waals surface area contributed by atoms with Gasteiger partial charge in [0, 0.05) is 21.4 Å². The number of hydrogen-bond acceptors (Lipinski definition) is 26. The van der Waals surface area contributed by atoms with E-state index in [9.17, 15) is 72.3 Å². The monoisotopic (exact) mass is 1460 g/mol. The van der Waals surface area contributed by atoms with Gasteiger partial charge in [-0.2, -0.15) is 20.2 Å². The van der Waals surface area contributed by atoms with Gasteiger partial charge in [0.2, 0.25) is 10.6 Å². The van der Waals surface area contributed by atoms with Crippen molar-refractivity contribution in [1.82, 2.24) is 19.9 Å². The van der Waals surface area contributed by atoms with Crippen LogP contribution in [-0.4, -0.2) is 71.8 Å². The molecule has 411 valence electrons. The summed E-state index contributed by atoms with van der Waals surface area (Å²) in [4.78, 5) is 10.5. The Kier molecular flexibility index (Phi) is 31.7. The number of fused-ring (bicyclic) bond motifs is 2. The van der Waals surface area contributed by atoms with Gasteiger partial charge in [0.05, 0.1) is 42.3 Å². The fourth-order valence-corrected chi connectivity index (χ4v) is 10.2. The fraction of sp³-hybridized carbons (Fsp3) is 0. The Morgan fingerprint density at radius 2 is 0.738 bits per heavy atom. The molecular weight excluding hydrogens is 1460 g/mol. The Morgan fingerprint density at radius 1 is 0.417 bits per heavy atom. The van der Waals surface area contributed by atoms with Gasteiger partial charge in [-0.25, -0.2) is 43.6 Å². The Bertz CT molecular complexity index is 4160. The van der Waals surface area contributed by atoms with Crippen molar-refractivity contribution in [2.24, 2.45) is 20.5 Å². The first-order chi connectivity index (χ1) is 36.1. The van der Waals surface area contributed by atoms with Gasteiger partial charge in [0.25, 0.3) is 0 Å². The van der Waals surface area contributed by atoms with Crippen molar-refractivity contribution in [3.05, 3.63) is 114 Å². The standard InChI is InChI=1S/2C20H11Cl4N5O8S2.Cr.5Na/c2*21-8-1-2-12(30)10(5-8)28-29-16-13(39(35,36)37)4-7-3-9(38(32,33)34)6-11(14(7)17(16)31)25-19-15(22)18(23)26-20(24)27-19;;;;;;/h2*1-6,30-31H,(H,25,26,27)(H,32,33,34)(H,35,36,37);;;;;;/q;;+3;5*+1/p-8. The molecule has 1 radical (unpaired) electrons. The number of aromatic nitrogens is 4. The van der Waals surface area contributed by atoms with Crippen LogP contribution in [0.5, 0.6) is 23.0 Å². The molecule has 0 amide bonds. The van der Waals surface area contributed by atoms with E-state index < -0.39 is 138 Å². The molecule has 2 heterocycles. The smallest absolute Gasteiger partial charge is 0.871 e. The summed E-state index contributed by atoms with van der Waals surface area (Å²) in [6.07, 6.45) is 0. The van der Waals surface area contributed by atoms with Crippen LogP contribution in [0.2, 0.25) is 41.0 Å². The second kappa shape index (κ2) is 32.7. The van der Waals surface area contributed by atoms with E-state index in [1.54, 1.807) is 0 Å². The van der Waals surface area contributed by atoms with E-state index >= 15 is 0 Å². The van der Waals surface area contributed by atoms with Crippen molar-refractivity contribution >= 4 is 201 Å². The van der Waals surface area contributed by atoms with Gasteiger partial charge in [-0.05, 0) is 105 Å². The van der Waals surface area contributed by atoms with Gasteiger partial charge < -0.3 is 49.3 Å². The van der Waals surface area contributed by atoms with Crippen molar-refractivity contribution in [2.75, 3.05) is 10.6 Å². The first-order valence-corrected chi connectivity index (χ1v) is 28.3. The van der Waals surface area contributed by atoms with Crippen molar-refractivity contribution in [3.8, 4) is 23.0 Å². The summed E-state index contributed by atoms with van der Waals surface area (Å²) in [7, 11) is -21.3. The second-order valence-corrected chi connectivity index (χ2v) is 23.3. The number of azo groups is 2. The third kappa shape index (κ3) is 19.8. The molecule has 6 aromatic carbocycles. The zero-order chi connectivity index (χ0) is 57.7. The average molecular weight is 1470 g/mol. The molecular formula is C40H14Cl8CrN10Na5O16S4. The van der Waals surface area contributed by atoms with Gasteiger partial charge >= 0.3 is 165 Å². The zero-order valence-corrected chi connectivity index (χ0v) is 62.7. The minimum absolute atomic E-state index is 0. The predicted octanol–water partition coefficient (Wildman–Crippen LogP) is -6.27. The number of rotatable bonds is 12. The van der Waals surface area contributed by atoms with Crippen LogP contribution in [0.3, 0.4) is 0 Å². The largest absolute Gasteiger partial charge is 3.00 e. The third-order valence-electron chi connectivity index (χ3n) is 9.76. The van der Waals surface area contributed by atoms with E-state index in [0.717, 1.165) is 36.4 Å². The SMILES string of the molecule is O=S(=O)([O-])c1cc(Nc2nc(Cl)nc(Cl)c2Cl)c2c([O-])c(N=Nc3cc(Cl)ccc3[O-])c(S(=O)(=O)[O-])cc2c1.O=S(=O)([O-])c1cc(Nc2nc(Cl)nc(Cl)c2Cl)c2c([O-])c(N=Nc3cc(Cl)ccc3[O-])c(S(=O)(=O)[O-])cc2c1.[Cr+3].[Na+].[Na+].[Na+].[Na+].[Na+]. The summed E-state index contributed by atoms with van der Waals surface area (Å²) in [6.45, 7) is 0. The van der Waals surface area contributed by atoms with E-state index in [4.69, 9.17) is 92.8 Å². The molecule has 0 fully saturated rings. The molecule has 26 nitrogen and oxygen atoms in total. The van der Waals surface area contributed by atoms with Gasteiger partial charge in [-0.3, -0.25) is 0 Å². The van der Waals surface area contributed by atoms with Crippen LogP contribution in [0.1, 0.15) is 0 Å². The average Bonchev–Trinajstić information content (AvgIpc) is 3.32. The van der Waals surface area contributed by atoms with Crippen molar-refractivity contribution < 1.29 is 237 Å². The van der Waals surface area contributed by atoms with Crippen molar-refractivity contribution in [1.29, 1.82) is 0 Å².